The monoisotopic (exact) mass is 271 g/mol. The van der Waals surface area contributed by atoms with E-state index >= 15 is 0 Å². The minimum Gasteiger partial charge on any atom is -0.496 e. The molecule has 0 heterocycles. The summed E-state index contributed by atoms with van der Waals surface area (Å²) in [5.74, 6) is 1.36. The summed E-state index contributed by atoms with van der Waals surface area (Å²) in [4.78, 5) is 0. The highest BCUT2D eigenvalue weighted by Gasteiger charge is 2.15. The Kier molecular flexibility index (Phi) is 4.61. The van der Waals surface area contributed by atoms with E-state index in [1.165, 1.54) is 11.1 Å². The van der Waals surface area contributed by atoms with Crippen molar-refractivity contribution in [2.45, 2.75) is 26.2 Å². The first-order valence-electron chi connectivity index (χ1n) is 5.14. The number of ether oxygens (including phenoxy) is 1. The van der Waals surface area contributed by atoms with Crippen LogP contribution in [0.3, 0.4) is 0 Å². The van der Waals surface area contributed by atoms with Crippen LogP contribution in [0.2, 0.25) is 0 Å². The summed E-state index contributed by atoms with van der Waals surface area (Å²) < 4.78 is 6.52. The number of aryl methyl sites for hydroxylation is 1. The topological polar surface area (TPSA) is 35.2 Å². The third kappa shape index (κ3) is 2.95. The summed E-state index contributed by atoms with van der Waals surface area (Å²) in [6.45, 7) is 4.93. The van der Waals surface area contributed by atoms with Crippen molar-refractivity contribution in [3.05, 3.63) is 27.7 Å². The number of hydrogen-bond donors (Lipinski definition) is 1. The Labute approximate surface area is 99.9 Å². The molecule has 0 spiro atoms. The van der Waals surface area contributed by atoms with Crippen LogP contribution in [0.1, 0.15) is 30.4 Å². The molecule has 84 valence electrons. The van der Waals surface area contributed by atoms with Crippen molar-refractivity contribution >= 4 is 15.9 Å². The highest BCUT2D eigenvalue weighted by Crippen LogP contribution is 2.35. The Balaban J connectivity index is 3.14. The molecule has 0 bridgehead atoms. The molecular formula is C12H18BrNO. The molecule has 2 N–H and O–H groups in total. The number of halogens is 1. The van der Waals surface area contributed by atoms with Crippen molar-refractivity contribution in [3.63, 3.8) is 0 Å². The Morgan fingerprint density at radius 2 is 2.13 bits per heavy atom. The molecule has 0 aliphatic heterocycles. The fourth-order valence-corrected chi connectivity index (χ4v) is 2.71. The molecule has 1 aromatic rings. The number of benzene rings is 1. The third-order valence-corrected chi connectivity index (χ3v) is 3.20. The van der Waals surface area contributed by atoms with Gasteiger partial charge in [0.1, 0.15) is 5.75 Å². The number of methoxy groups -OCH3 is 1. The van der Waals surface area contributed by atoms with Gasteiger partial charge in [0.05, 0.1) is 7.11 Å². The third-order valence-electron chi connectivity index (χ3n) is 2.55. The van der Waals surface area contributed by atoms with Gasteiger partial charge in [-0.1, -0.05) is 22.9 Å². The molecule has 0 aliphatic rings. The van der Waals surface area contributed by atoms with Gasteiger partial charge >= 0.3 is 0 Å². The lowest BCUT2D eigenvalue weighted by Crippen LogP contribution is -2.06. The number of rotatable bonds is 4. The van der Waals surface area contributed by atoms with Gasteiger partial charge in [-0.05, 0) is 43.5 Å². The summed E-state index contributed by atoms with van der Waals surface area (Å²) in [7, 11) is 1.71. The molecule has 0 radical (unpaired) electrons. The Morgan fingerprint density at radius 3 is 2.67 bits per heavy atom. The van der Waals surface area contributed by atoms with Crippen LogP contribution in [0.5, 0.6) is 5.75 Å². The molecule has 15 heavy (non-hydrogen) atoms. The van der Waals surface area contributed by atoms with E-state index in [1.54, 1.807) is 7.11 Å². The summed E-state index contributed by atoms with van der Waals surface area (Å²) in [5, 5.41) is 0. The van der Waals surface area contributed by atoms with E-state index in [-0.39, 0.29) is 0 Å². The SMILES string of the molecule is COc1cc(C)cc(Br)c1C(C)CCN. The van der Waals surface area contributed by atoms with Crippen molar-refractivity contribution in [1.82, 2.24) is 0 Å². The van der Waals surface area contributed by atoms with E-state index in [0.29, 0.717) is 12.5 Å². The van der Waals surface area contributed by atoms with Gasteiger partial charge in [0.2, 0.25) is 0 Å². The van der Waals surface area contributed by atoms with Crippen LogP contribution < -0.4 is 10.5 Å². The Bertz CT molecular complexity index is 339. The lowest BCUT2D eigenvalue weighted by molar-refractivity contribution is 0.404. The van der Waals surface area contributed by atoms with E-state index in [1.807, 2.05) is 0 Å². The van der Waals surface area contributed by atoms with Crippen molar-refractivity contribution in [2.24, 2.45) is 5.73 Å². The maximum Gasteiger partial charge on any atom is 0.123 e. The lowest BCUT2D eigenvalue weighted by atomic mass is 9.96. The highest BCUT2D eigenvalue weighted by atomic mass is 79.9. The van der Waals surface area contributed by atoms with Crippen LogP contribution in [0.4, 0.5) is 0 Å². The van der Waals surface area contributed by atoms with E-state index in [2.05, 4.69) is 41.9 Å². The normalized spacial score (nSPS) is 12.6. The van der Waals surface area contributed by atoms with Gasteiger partial charge in [0.15, 0.2) is 0 Å². The van der Waals surface area contributed by atoms with Crippen LogP contribution >= 0.6 is 15.9 Å². The molecule has 2 nitrogen and oxygen atoms in total. The first kappa shape index (κ1) is 12.5. The average molecular weight is 272 g/mol. The molecule has 1 unspecified atom stereocenters. The molecule has 1 rings (SSSR count). The van der Waals surface area contributed by atoms with Crippen LogP contribution in [-0.2, 0) is 0 Å². The van der Waals surface area contributed by atoms with Crippen molar-refractivity contribution in [1.29, 1.82) is 0 Å². The minimum absolute atomic E-state index is 0.417. The maximum atomic E-state index is 5.58. The molecule has 0 aromatic heterocycles. The largest absolute Gasteiger partial charge is 0.496 e. The number of hydrogen-bond acceptors (Lipinski definition) is 2. The van der Waals surface area contributed by atoms with Crippen molar-refractivity contribution in [2.75, 3.05) is 13.7 Å². The molecule has 0 saturated carbocycles. The standard InChI is InChI=1S/C12H18BrNO/c1-8-6-10(13)12(9(2)4-5-14)11(7-8)15-3/h6-7,9H,4-5,14H2,1-3H3. The van der Waals surface area contributed by atoms with Crippen LogP contribution in [0, 0.1) is 6.92 Å². The predicted molar refractivity (Wildman–Crippen MR) is 67.5 cm³/mol. The molecule has 3 heteroatoms. The van der Waals surface area contributed by atoms with Gasteiger partial charge in [-0.2, -0.15) is 0 Å². The van der Waals surface area contributed by atoms with E-state index in [9.17, 15) is 0 Å². The van der Waals surface area contributed by atoms with Gasteiger partial charge < -0.3 is 10.5 Å². The van der Waals surface area contributed by atoms with Crippen LogP contribution in [0.25, 0.3) is 0 Å². The van der Waals surface area contributed by atoms with Gasteiger partial charge in [-0.3, -0.25) is 0 Å². The zero-order valence-corrected chi connectivity index (χ0v) is 11.1. The van der Waals surface area contributed by atoms with Gasteiger partial charge in [0.25, 0.3) is 0 Å². The van der Waals surface area contributed by atoms with Crippen molar-refractivity contribution < 1.29 is 4.74 Å². The zero-order chi connectivity index (χ0) is 11.4. The zero-order valence-electron chi connectivity index (χ0n) is 9.51. The van der Waals surface area contributed by atoms with E-state index < -0.39 is 0 Å². The first-order chi connectivity index (χ1) is 7.10. The lowest BCUT2D eigenvalue weighted by Gasteiger charge is -2.17. The van der Waals surface area contributed by atoms with Gasteiger partial charge in [-0.25, -0.2) is 0 Å². The maximum absolute atomic E-state index is 5.58. The van der Waals surface area contributed by atoms with Crippen LogP contribution in [0.15, 0.2) is 16.6 Å². The van der Waals surface area contributed by atoms with Gasteiger partial charge in [-0.15, -0.1) is 0 Å². The van der Waals surface area contributed by atoms with Gasteiger partial charge in [0, 0.05) is 10.0 Å². The van der Waals surface area contributed by atoms with E-state index in [0.717, 1.165) is 16.6 Å². The summed E-state index contributed by atoms with van der Waals surface area (Å²) in [6.07, 6.45) is 0.970. The quantitative estimate of drug-likeness (QED) is 0.913. The second-order valence-electron chi connectivity index (χ2n) is 3.84. The van der Waals surface area contributed by atoms with Crippen molar-refractivity contribution in [3.8, 4) is 5.75 Å². The molecule has 0 amide bonds. The summed E-state index contributed by atoms with van der Waals surface area (Å²) in [5.41, 5.74) is 8.00. The molecule has 0 aliphatic carbocycles. The van der Waals surface area contributed by atoms with E-state index in [4.69, 9.17) is 10.5 Å². The molecule has 0 saturated heterocycles. The highest BCUT2D eigenvalue weighted by molar-refractivity contribution is 9.10. The Morgan fingerprint density at radius 1 is 1.47 bits per heavy atom. The first-order valence-corrected chi connectivity index (χ1v) is 5.93. The molecular weight excluding hydrogens is 254 g/mol. The fourth-order valence-electron chi connectivity index (χ4n) is 1.76. The minimum atomic E-state index is 0.417. The smallest absolute Gasteiger partial charge is 0.123 e. The molecule has 1 atom stereocenters. The second kappa shape index (κ2) is 5.52. The average Bonchev–Trinajstić information content (AvgIpc) is 2.16. The summed E-state index contributed by atoms with van der Waals surface area (Å²) >= 11 is 3.59. The predicted octanol–water partition coefficient (Wildman–Crippen LogP) is 3.22. The fraction of sp³-hybridized carbons (Fsp3) is 0.500. The number of nitrogens with two attached hydrogens (primary N) is 1. The Hall–Kier alpha value is -0.540. The van der Waals surface area contributed by atoms with Crippen LogP contribution in [-0.4, -0.2) is 13.7 Å². The molecule has 1 aromatic carbocycles. The molecule has 0 fully saturated rings. The summed E-state index contributed by atoms with van der Waals surface area (Å²) in [6, 6.07) is 4.18. The second-order valence-corrected chi connectivity index (χ2v) is 4.70.